The van der Waals surface area contributed by atoms with Crippen molar-refractivity contribution in [1.82, 2.24) is 10.2 Å². The first-order valence-corrected chi connectivity index (χ1v) is 11.9. The molecular weight excluding hydrogens is 443 g/mol. The Kier molecular flexibility index (Phi) is 9.41. The largest absolute Gasteiger partial charge is 0.484 e. The van der Waals surface area contributed by atoms with E-state index in [2.05, 4.69) is 5.32 Å². The van der Waals surface area contributed by atoms with Crippen molar-refractivity contribution in [2.24, 2.45) is 5.92 Å². The van der Waals surface area contributed by atoms with Crippen LogP contribution in [0, 0.1) is 18.7 Å². The summed E-state index contributed by atoms with van der Waals surface area (Å²) in [6, 6.07) is 22.4. The molecule has 0 aromatic heterocycles. The molecule has 3 aromatic carbocycles. The highest BCUT2D eigenvalue weighted by molar-refractivity contribution is 5.88. The van der Waals surface area contributed by atoms with Gasteiger partial charge in [0.15, 0.2) is 6.61 Å². The third-order valence-electron chi connectivity index (χ3n) is 5.61. The fourth-order valence-electron chi connectivity index (χ4n) is 3.72. The number of hydrogen-bond donors (Lipinski definition) is 1. The predicted octanol–water partition coefficient (Wildman–Crippen LogP) is 4.93. The molecule has 1 atom stereocenters. The molecule has 0 saturated heterocycles. The van der Waals surface area contributed by atoms with Crippen LogP contribution in [0.5, 0.6) is 5.75 Å². The molecular formula is C29H33FN2O3. The number of carbonyl (C=O) groups excluding carboxylic acids is 2. The highest BCUT2D eigenvalue weighted by Gasteiger charge is 2.31. The monoisotopic (exact) mass is 476 g/mol. The van der Waals surface area contributed by atoms with E-state index in [4.69, 9.17) is 4.74 Å². The number of rotatable bonds is 11. The van der Waals surface area contributed by atoms with Crippen molar-refractivity contribution in [1.29, 1.82) is 0 Å². The number of halogens is 1. The number of ether oxygens (including phenoxy) is 1. The van der Waals surface area contributed by atoms with Gasteiger partial charge in [-0.15, -0.1) is 0 Å². The fourth-order valence-corrected chi connectivity index (χ4v) is 3.72. The molecule has 0 fully saturated rings. The summed E-state index contributed by atoms with van der Waals surface area (Å²) in [6.07, 6.45) is 0.301. The van der Waals surface area contributed by atoms with Crippen LogP contribution in [0.4, 0.5) is 4.39 Å². The average molecular weight is 477 g/mol. The molecule has 3 aromatic rings. The molecule has 3 rings (SSSR count). The van der Waals surface area contributed by atoms with Crippen LogP contribution in [0.1, 0.15) is 30.5 Å². The molecule has 5 nitrogen and oxygen atoms in total. The maximum absolute atomic E-state index is 14.6. The van der Waals surface area contributed by atoms with E-state index in [1.165, 1.54) is 11.0 Å². The van der Waals surface area contributed by atoms with Gasteiger partial charge in [0.05, 0.1) is 0 Å². The van der Waals surface area contributed by atoms with Gasteiger partial charge in [0.2, 0.25) is 5.91 Å². The van der Waals surface area contributed by atoms with Gasteiger partial charge in [-0.3, -0.25) is 9.59 Å². The zero-order valence-electron chi connectivity index (χ0n) is 20.5. The number of nitrogens with zero attached hydrogens (tertiary/aromatic N) is 1. The van der Waals surface area contributed by atoms with Crippen molar-refractivity contribution in [3.8, 4) is 5.75 Å². The van der Waals surface area contributed by atoms with E-state index in [0.29, 0.717) is 24.3 Å². The number of aryl methyl sites for hydroxylation is 1. The summed E-state index contributed by atoms with van der Waals surface area (Å²) in [7, 11) is 0. The van der Waals surface area contributed by atoms with Gasteiger partial charge >= 0.3 is 0 Å². The summed E-state index contributed by atoms with van der Waals surface area (Å²) in [6.45, 7) is 6.12. The minimum atomic E-state index is -0.829. The van der Waals surface area contributed by atoms with Gasteiger partial charge < -0.3 is 15.0 Å². The van der Waals surface area contributed by atoms with Crippen molar-refractivity contribution in [3.05, 3.63) is 101 Å². The first-order valence-electron chi connectivity index (χ1n) is 11.9. The zero-order chi connectivity index (χ0) is 25.2. The summed E-state index contributed by atoms with van der Waals surface area (Å²) in [5.41, 5.74) is 2.25. The molecule has 2 amide bonds. The number of benzene rings is 3. The number of carbonyl (C=O) groups is 2. The van der Waals surface area contributed by atoms with Gasteiger partial charge in [0.1, 0.15) is 17.6 Å². The van der Waals surface area contributed by atoms with E-state index in [1.54, 1.807) is 24.3 Å². The van der Waals surface area contributed by atoms with Crippen molar-refractivity contribution in [2.75, 3.05) is 13.2 Å². The smallest absolute Gasteiger partial charge is 0.261 e. The lowest BCUT2D eigenvalue weighted by Crippen LogP contribution is -2.52. The Morgan fingerprint density at radius 1 is 0.971 bits per heavy atom. The maximum Gasteiger partial charge on any atom is 0.261 e. The Bertz CT molecular complexity index is 1120. The molecule has 0 spiro atoms. The van der Waals surface area contributed by atoms with Gasteiger partial charge in [-0.2, -0.15) is 0 Å². The maximum atomic E-state index is 14.6. The normalized spacial score (nSPS) is 11.7. The van der Waals surface area contributed by atoms with Crippen LogP contribution in [0.15, 0.2) is 78.9 Å². The minimum absolute atomic E-state index is 0.0463. The highest BCUT2D eigenvalue weighted by atomic mass is 19.1. The topological polar surface area (TPSA) is 58.6 Å². The van der Waals surface area contributed by atoms with E-state index < -0.39 is 17.8 Å². The Morgan fingerprint density at radius 2 is 1.69 bits per heavy atom. The van der Waals surface area contributed by atoms with Crippen LogP contribution in [0.25, 0.3) is 0 Å². The molecule has 0 bridgehead atoms. The summed E-state index contributed by atoms with van der Waals surface area (Å²) in [4.78, 5) is 28.3. The molecule has 1 N–H and O–H groups in total. The quantitative estimate of drug-likeness (QED) is 0.427. The highest BCUT2D eigenvalue weighted by Crippen LogP contribution is 2.18. The van der Waals surface area contributed by atoms with Crippen LogP contribution in [0.3, 0.4) is 0 Å². The van der Waals surface area contributed by atoms with E-state index in [1.807, 2.05) is 69.3 Å². The van der Waals surface area contributed by atoms with Crippen molar-refractivity contribution < 1.29 is 18.7 Å². The molecule has 0 heterocycles. The first kappa shape index (κ1) is 25.9. The van der Waals surface area contributed by atoms with Crippen LogP contribution in [-0.2, 0) is 22.6 Å². The summed E-state index contributed by atoms with van der Waals surface area (Å²) >= 11 is 0. The molecule has 6 heteroatoms. The van der Waals surface area contributed by atoms with E-state index >= 15 is 0 Å². The summed E-state index contributed by atoms with van der Waals surface area (Å²) in [5, 5.41) is 2.95. The van der Waals surface area contributed by atoms with Gasteiger partial charge in [-0.05, 0) is 42.2 Å². The average Bonchev–Trinajstić information content (AvgIpc) is 2.85. The van der Waals surface area contributed by atoms with Gasteiger partial charge in [0.25, 0.3) is 5.91 Å². The predicted molar refractivity (Wildman–Crippen MR) is 135 cm³/mol. The Morgan fingerprint density at radius 3 is 2.37 bits per heavy atom. The molecule has 184 valence electrons. The molecule has 0 aliphatic carbocycles. The van der Waals surface area contributed by atoms with E-state index in [0.717, 1.165) is 11.1 Å². The lowest BCUT2D eigenvalue weighted by molar-refractivity contribution is -0.142. The van der Waals surface area contributed by atoms with Crippen LogP contribution < -0.4 is 10.1 Å². The third-order valence-corrected chi connectivity index (χ3v) is 5.61. The fraction of sp³-hybridized carbons (Fsp3) is 0.310. The second kappa shape index (κ2) is 12.7. The standard InChI is InChI=1S/C29H33FN2O3/c1-21(2)18-31-29(34)27(17-23-11-5-4-6-12-23)32(19-24-13-7-8-15-26(24)30)28(33)20-35-25-14-9-10-22(3)16-25/h4-16,21,27H,17-20H2,1-3H3,(H,31,34)/t27-/m1/s1. The Balaban J connectivity index is 1.91. The van der Waals surface area contributed by atoms with Crippen molar-refractivity contribution >= 4 is 11.8 Å². The van der Waals surface area contributed by atoms with Crippen molar-refractivity contribution in [2.45, 2.75) is 39.8 Å². The molecule has 0 unspecified atom stereocenters. The molecule has 0 radical (unpaired) electrons. The first-order chi connectivity index (χ1) is 16.8. The number of nitrogens with one attached hydrogen (secondary N) is 1. The van der Waals surface area contributed by atoms with Crippen LogP contribution >= 0.6 is 0 Å². The SMILES string of the molecule is Cc1cccc(OCC(=O)N(Cc2ccccc2F)[C@H](Cc2ccccc2)C(=O)NCC(C)C)c1. The summed E-state index contributed by atoms with van der Waals surface area (Å²) < 4.78 is 20.3. The third kappa shape index (κ3) is 7.95. The van der Waals surface area contributed by atoms with Crippen LogP contribution in [-0.4, -0.2) is 35.9 Å². The van der Waals surface area contributed by atoms with E-state index in [9.17, 15) is 14.0 Å². The lowest BCUT2D eigenvalue weighted by atomic mass is 10.0. The van der Waals surface area contributed by atoms with Crippen molar-refractivity contribution in [3.63, 3.8) is 0 Å². The number of amides is 2. The molecule has 0 aliphatic heterocycles. The Labute approximate surface area is 206 Å². The van der Waals surface area contributed by atoms with Gasteiger partial charge in [-0.1, -0.05) is 74.5 Å². The Hall–Kier alpha value is -3.67. The molecule has 0 aliphatic rings. The molecule has 0 saturated carbocycles. The number of hydrogen-bond acceptors (Lipinski definition) is 3. The van der Waals surface area contributed by atoms with Crippen LogP contribution in [0.2, 0.25) is 0 Å². The second-order valence-electron chi connectivity index (χ2n) is 9.06. The lowest BCUT2D eigenvalue weighted by Gasteiger charge is -2.31. The minimum Gasteiger partial charge on any atom is -0.484 e. The van der Waals surface area contributed by atoms with Gasteiger partial charge in [-0.25, -0.2) is 4.39 Å². The second-order valence-corrected chi connectivity index (χ2v) is 9.06. The zero-order valence-corrected chi connectivity index (χ0v) is 20.5. The summed E-state index contributed by atoms with van der Waals surface area (Å²) in [5.74, 6) is -0.283. The van der Waals surface area contributed by atoms with E-state index in [-0.39, 0.29) is 25.0 Å². The van der Waals surface area contributed by atoms with Gasteiger partial charge in [0, 0.05) is 25.1 Å². The molecule has 35 heavy (non-hydrogen) atoms.